The summed E-state index contributed by atoms with van der Waals surface area (Å²) >= 11 is 0.00542. The Kier molecular flexibility index (Phi) is 22.0. The molecule has 0 saturated heterocycles. The first-order valence-corrected chi connectivity index (χ1v) is 14.5. The van der Waals surface area contributed by atoms with E-state index in [0.717, 1.165) is 12.8 Å². The molecule has 32 heavy (non-hydrogen) atoms. The molecule has 0 saturated carbocycles. The first kappa shape index (κ1) is 31.5. The third kappa shape index (κ3) is 18.0. The van der Waals surface area contributed by atoms with E-state index in [4.69, 9.17) is 19.5 Å². The van der Waals surface area contributed by atoms with E-state index in [0.29, 0.717) is 13.1 Å². The second kappa shape index (κ2) is 22.3. The average Bonchev–Trinajstić information content (AvgIpc) is 2.79. The summed E-state index contributed by atoms with van der Waals surface area (Å²) in [7, 11) is -3.57. The van der Waals surface area contributed by atoms with Crippen molar-refractivity contribution in [2.45, 2.75) is 76.0 Å². The number of rotatable bonds is 19. The van der Waals surface area contributed by atoms with E-state index in [9.17, 15) is 8.42 Å². The molecular formula is C23H43CrNO6S. The van der Waals surface area contributed by atoms with Gasteiger partial charge in [-0.1, -0.05) is 82.9 Å². The third-order valence-corrected chi connectivity index (χ3v) is 7.35. The van der Waals surface area contributed by atoms with Gasteiger partial charge in [0.15, 0.2) is 0 Å². The van der Waals surface area contributed by atoms with Gasteiger partial charge in [0.05, 0.1) is 11.5 Å². The summed E-state index contributed by atoms with van der Waals surface area (Å²) in [6.07, 6.45) is 12.3. The molecule has 0 aliphatic rings. The Hall–Kier alpha value is -0.498. The van der Waals surface area contributed by atoms with E-state index in [1.165, 1.54) is 51.4 Å². The van der Waals surface area contributed by atoms with Crippen LogP contribution >= 0.6 is 0 Å². The fourth-order valence-electron chi connectivity index (χ4n) is 2.96. The van der Waals surface area contributed by atoms with Crippen molar-refractivity contribution >= 4 is 10.1 Å². The van der Waals surface area contributed by atoms with Gasteiger partial charge >= 0.3 is 66.4 Å². The molecule has 0 radical (unpaired) electrons. The van der Waals surface area contributed by atoms with Crippen molar-refractivity contribution in [1.82, 2.24) is 3.88 Å². The number of hydrogen-bond donors (Lipinski definition) is 3. The van der Waals surface area contributed by atoms with Crippen LogP contribution < -0.4 is 0 Å². The first-order chi connectivity index (χ1) is 15.5. The molecule has 0 fully saturated rings. The monoisotopic (exact) mass is 513 g/mol. The van der Waals surface area contributed by atoms with Gasteiger partial charge < -0.3 is 0 Å². The molecule has 0 aliphatic heterocycles. The summed E-state index contributed by atoms with van der Waals surface area (Å²) in [6, 6.07) is 8.33. The van der Waals surface area contributed by atoms with Crippen molar-refractivity contribution < 1.29 is 43.4 Å². The van der Waals surface area contributed by atoms with Crippen LogP contribution in [0.15, 0.2) is 35.2 Å². The number of benzene rings is 1. The minimum atomic E-state index is -3.57. The van der Waals surface area contributed by atoms with Crippen LogP contribution in [0.5, 0.6) is 0 Å². The molecule has 188 valence electrons. The molecule has 0 aromatic heterocycles. The van der Waals surface area contributed by atoms with Gasteiger partial charge in [0.2, 0.25) is 0 Å². The van der Waals surface area contributed by atoms with Gasteiger partial charge in [-0.3, -0.25) is 4.18 Å². The van der Waals surface area contributed by atoms with Crippen molar-refractivity contribution in [3.8, 4) is 0 Å². The van der Waals surface area contributed by atoms with Gasteiger partial charge in [-0.25, -0.2) is 0 Å². The Morgan fingerprint density at radius 2 is 1.31 bits per heavy atom. The molecule has 0 heterocycles. The zero-order valence-electron chi connectivity index (χ0n) is 19.5. The minimum absolute atomic E-state index is 0.00542. The summed E-state index contributed by atoms with van der Waals surface area (Å²) in [5, 5.41) is 25.5. The number of hydrogen-bond acceptors (Lipinski definition) is 7. The normalized spacial score (nSPS) is 11.4. The summed E-state index contributed by atoms with van der Waals surface area (Å²) in [5.41, 5.74) is 0.132. The predicted molar refractivity (Wildman–Crippen MR) is 124 cm³/mol. The number of unbranched alkanes of at least 4 members (excludes halogenated alkanes) is 9. The van der Waals surface area contributed by atoms with Crippen LogP contribution in [0.2, 0.25) is 0 Å². The molecule has 0 unspecified atom stereocenters. The molecule has 1 rings (SSSR count). The number of aliphatic hydroxyl groups excluding tert-OH is 3. The van der Waals surface area contributed by atoms with Crippen LogP contribution in [0.3, 0.4) is 0 Å². The summed E-state index contributed by atoms with van der Waals surface area (Å²) < 4.78 is 30.7. The third-order valence-electron chi connectivity index (χ3n) is 4.71. The Morgan fingerprint density at radius 3 is 1.78 bits per heavy atom. The Morgan fingerprint density at radius 1 is 0.812 bits per heavy atom. The van der Waals surface area contributed by atoms with Crippen molar-refractivity contribution in [2.75, 3.05) is 38.4 Å². The van der Waals surface area contributed by atoms with E-state index in [-0.39, 0.29) is 45.6 Å². The standard InChI is InChI=1S/C18H30O3S.C4H10NO2.CH3O.Cr/c1-2-3-4-5-6-7-8-9-10-14-17-21-22(19,20)18-15-12-11-13-16-18;6-3-1-5-2-4-7;1-2;/h11-13,15-16H,2-10,14,17H2,1H3;6-7H,1-4H2;2H,1H2;/q;-1;;+1. The SMILES string of the molecule is CCCCCCCCCCCCOS(=O)(=O)c1ccccc1.OCC[N](CCO)[Cr][CH2]O. The molecule has 9 heteroatoms. The molecule has 1 aromatic carbocycles. The van der Waals surface area contributed by atoms with Gasteiger partial charge in [0.25, 0.3) is 10.1 Å². The van der Waals surface area contributed by atoms with Crippen LogP contribution in [0.4, 0.5) is 0 Å². The summed E-state index contributed by atoms with van der Waals surface area (Å²) in [5.74, 6) is 0. The fraction of sp³-hybridized carbons (Fsp3) is 0.739. The fourth-order valence-corrected chi connectivity index (χ4v) is 4.84. The molecule has 0 amide bonds. The average molecular weight is 514 g/mol. The first-order valence-electron chi connectivity index (χ1n) is 11.7. The molecular weight excluding hydrogens is 470 g/mol. The zero-order chi connectivity index (χ0) is 23.9. The number of nitrogens with zero attached hydrogens (tertiary/aromatic N) is 1. The maximum atomic E-state index is 11.9. The van der Waals surface area contributed by atoms with Crippen molar-refractivity contribution in [1.29, 1.82) is 0 Å². The second-order valence-corrected chi connectivity index (χ2v) is 10.6. The van der Waals surface area contributed by atoms with Gasteiger partial charge in [-0.05, 0) is 18.6 Å². The van der Waals surface area contributed by atoms with Crippen LogP contribution in [-0.2, 0) is 29.7 Å². The maximum absolute atomic E-state index is 11.9. The van der Waals surface area contributed by atoms with Crippen LogP contribution in [0.1, 0.15) is 71.1 Å². The molecule has 0 aliphatic carbocycles. The van der Waals surface area contributed by atoms with E-state index < -0.39 is 10.1 Å². The van der Waals surface area contributed by atoms with E-state index >= 15 is 0 Å². The van der Waals surface area contributed by atoms with Crippen LogP contribution in [-0.4, -0.2) is 66.0 Å². The van der Waals surface area contributed by atoms with E-state index in [1.54, 1.807) is 30.3 Å². The molecule has 7 nitrogen and oxygen atoms in total. The number of aliphatic hydroxyl groups is 3. The topological polar surface area (TPSA) is 107 Å². The Bertz CT molecular complexity index is 604. The quantitative estimate of drug-likeness (QED) is 0.192. The van der Waals surface area contributed by atoms with E-state index in [2.05, 4.69) is 6.92 Å². The van der Waals surface area contributed by atoms with E-state index in [1.807, 2.05) is 3.88 Å². The summed E-state index contributed by atoms with van der Waals surface area (Å²) in [6.45, 7) is 3.78. The van der Waals surface area contributed by atoms with Crippen molar-refractivity contribution in [3.05, 3.63) is 30.3 Å². The van der Waals surface area contributed by atoms with Crippen LogP contribution in [0, 0.1) is 0 Å². The predicted octanol–water partition coefficient (Wildman–Crippen LogP) is 3.53. The molecule has 0 spiro atoms. The second-order valence-electron chi connectivity index (χ2n) is 7.41. The Balaban J connectivity index is 0.000000809. The van der Waals surface area contributed by atoms with Gasteiger partial charge in [-0.2, -0.15) is 8.42 Å². The molecule has 0 atom stereocenters. The molecule has 1 aromatic rings. The molecule has 3 N–H and O–H groups in total. The molecule has 0 bridgehead atoms. The zero-order valence-corrected chi connectivity index (χ0v) is 21.6. The van der Waals surface area contributed by atoms with Crippen LogP contribution in [0.25, 0.3) is 0 Å². The van der Waals surface area contributed by atoms with Gasteiger partial charge in [0, 0.05) is 0 Å². The van der Waals surface area contributed by atoms with Crippen molar-refractivity contribution in [3.63, 3.8) is 0 Å². The summed E-state index contributed by atoms with van der Waals surface area (Å²) in [4.78, 5) is 0.238. The Labute approximate surface area is 201 Å². The van der Waals surface area contributed by atoms with Gasteiger partial charge in [-0.15, -0.1) is 0 Å². The van der Waals surface area contributed by atoms with Gasteiger partial charge in [0.1, 0.15) is 0 Å². The van der Waals surface area contributed by atoms with Crippen molar-refractivity contribution in [2.24, 2.45) is 0 Å².